The predicted octanol–water partition coefficient (Wildman–Crippen LogP) is 2.78. The van der Waals surface area contributed by atoms with E-state index in [0.29, 0.717) is 0 Å². The highest BCUT2D eigenvalue weighted by atomic mass is 16.3. The number of oxazole rings is 1. The van der Waals surface area contributed by atoms with Crippen LogP contribution in [0, 0.1) is 6.92 Å². The molecule has 1 N–H and O–H groups in total. The average Bonchev–Trinajstić information content (AvgIpc) is 2.76. The molecule has 0 amide bonds. The van der Waals surface area contributed by atoms with Gasteiger partial charge in [0, 0.05) is 5.41 Å². The number of para-hydroxylation sites is 1. The summed E-state index contributed by atoms with van der Waals surface area (Å²) in [6, 6.07) is 6.11. The number of hydrogen-bond donors (Lipinski definition) is 1. The van der Waals surface area contributed by atoms with E-state index in [0.717, 1.165) is 42.9 Å². The van der Waals surface area contributed by atoms with Crippen molar-refractivity contribution in [3.63, 3.8) is 0 Å². The van der Waals surface area contributed by atoms with Gasteiger partial charge in [-0.1, -0.05) is 19.1 Å². The number of piperidine rings is 1. The quantitative estimate of drug-likeness (QED) is 0.818. The van der Waals surface area contributed by atoms with Crippen molar-refractivity contribution in [1.82, 2.24) is 10.3 Å². The van der Waals surface area contributed by atoms with Gasteiger partial charge < -0.3 is 9.73 Å². The predicted molar refractivity (Wildman–Crippen MR) is 68.2 cm³/mol. The van der Waals surface area contributed by atoms with Crippen LogP contribution in [0.4, 0.5) is 0 Å². The van der Waals surface area contributed by atoms with Crippen molar-refractivity contribution in [1.29, 1.82) is 0 Å². The third-order valence-electron chi connectivity index (χ3n) is 3.84. The molecule has 1 saturated heterocycles. The standard InChI is InChI=1S/C14H18N2O/c1-10-4-3-5-11-12(10)16-13(17-11)14(2)6-8-15-9-7-14/h3-5,15H,6-9H2,1-2H3. The van der Waals surface area contributed by atoms with Crippen LogP contribution in [0.3, 0.4) is 0 Å². The Morgan fingerprint density at radius 3 is 2.76 bits per heavy atom. The van der Waals surface area contributed by atoms with Crippen LogP contribution in [-0.4, -0.2) is 18.1 Å². The molecule has 1 aliphatic rings. The molecule has 1 aromatic heterocycles. The molecule has 0 saturated carbocycles. The SMILES string of the molecule is Cc1cccc2oc(C3(C)CCNCC3)nc12. The Kier molecular flexibility index (Phi) is 2.44. The van der Waals surface area contributed by atoms with Crippen molar-refractivity contribution in [2.24, 2.45) is 0 Å². The first kappa shape index (κ1) is 10.8. The second kappa shape index (κ2) is 3.84. The molecular weight excluding hydrogens is 212 g/mol. The Balaban J connectivity index is 2.08. The zero-order valence-corrected chi connectivity index (χ0v) is 10.4. The van der Waals surface area contributed by atoms with Crippen molar-refractivity contribution in [3.8, 4) is 0 Å². The molecule has 0 radical (unpaired) electrons. The monoisotopic (exact) mass is 230 g/mol. The van der Waals surface area contributed by atoms with Crippen LogP contribution in [0.15, 0.2) is 22.6 Å². The number of fused-ring (bicyclic) bond motifs is 1. The maximum atomic E-state index is 5.95. The average molecular weight is 230 g/mol. The molecule has 17 heavy (non-hydrogen) atoms. The molecule has 0 bridgehead atoms. The molecule has 90 valence electrons. The number of nitrogens with one attached hydrogen (secondary N) is 1. The summed E-state index contributed by atoms with van der Waals surface area (Å²) in [5.74, 6) is 0.906. The molecule has 3 nitrogen and oxygen atoms in total. The summed E-state index contributed by atoms with van der Waals surface area (Å²) in [7, 11) is 0. The van der Waals surface area contributed by atoms with E-state index in [2.05, 4.69) is 25.2 Å². The minimum absolute atomic E-state index is 0.0940. The third-order valence-corrected chi connectivity index (χ3v) is 3.84. The zero-order valence-electron chi connectivity index (χ0n) is 10.4. The Morgan fingerprint density at radius 1 is 1.29 bits per heavy atom. The Hall–Kier alpha value is -1.35. The lowest BCUT2D eigenvalue weighted by Gasteiger charge is -2.30. The fourth-order valence-corrected chi connectivity index (χ4v) is 2.54. The van der Waals surface area contributed by atoms with Crippen LogP contribution in [0.25, 0.3) is 11.1 Å². The van der Waals surface area contributed by atoms with Gasteiger partial charge in [0.25, 0.3) is 0 Å². The largest absolute Gasteiger partial charge is 0.440 e. The van der Waals surface area contributed by atoms with Crippen LogP contribution in [-0.2, 0) is 5.41 Å². The second-order valence-corrected chi connectivity index (χ2v) is 5.25. The van der Waals surface area contributed by atoms with Gasteiger partial charge in [-0.2, -0.15) is 0 Å². The van der Waals surface area contributed by atoms with E-state index < -0.39 is 0 Å². The van der Waals surface area contributed by atoms with E-state index in [9.17, 15) is 0 Å². The highest BCUT2D eigenvalue weighted by Crippen LogP contribution is 2.34. The highest BCUT2D eigenvalue weighted by Gasteiger charge is 2.33. The molecule has 0 atom stereocenters. The molecule has 0 aliphatic carbocycles. The summed E-state index contributed by atoms with van der Waals surface area (Å²) in [4.78, 5) is 4.71. The lowest BCUT2D eigenvalue weighted by molar-refractivity contribution is 0.275. The van der Waals surface area contributed by atoms with Crippen molar-refractivity contribution in [3.05, 3.63) is 29.7 Å². The van der Waals surface area contributed by atoms with Crippen LogP contribution in [0.2, 0.25) is 0 Å². The van der Waals surface area contributed by atoms with Crippen molar-refractivity contribution >= 4 is 11.1 Å². The number of hydrogen-bond acceptors (Lipinski definition) is 3. The first-order chi connectivity index (χ1) is 8.19. The summed E-state index contributed by atoms with van der Waals surface area (Å²) >= 11 is 0. The van der Waals surface area contributed by atoms with Gasteiger partial charge in [0.15, 0.2) is 5.58 Å². The number of rotatable bonds is 1. The summed E-state index contributed by atoms with van der Waals surface area (Å²) in [5, 5.41) is 3.39. The number of aromatic nitrogens is 1. The van der Waals surface area contributed by atoms with Crippen LogP contribution < -0.4 is 5.32 Å². The van der Waals surface area contributed by atoms with E-state index in [-0.39, 0.29) is 5.41 Å². The van der Waals surface area contributed by atoms with Crippen molar-refractivity contribution < 1.29 is 4.42 Å². The third kappa shape index (κ3) is 1.75. The van der Waals surface area contributed by atoms with E-state index in [4.69, 9.17) is 9.40 Å². The van der Waals surface area contributed by atoms with E-state index in [1.165, 1.54) is 5.56 Å². The Morgan fingerprint density at radius 2 is 2.06 bits per heavy atom. The van der Waals surface area contributed by atoms with Crippen molar-refractivity contribution in [2.75, 3.05) is 13.1 Å². The number of aryl methyl sites for hydroxylation is 1. The van der Waals surface area contributed by atoms with Crippen LogP contribution >= 0.6 is 0 Å². The fraction of sp³-hybridized carbons (Fsp3) is 0.500. The van der Waals surface area contributed by atoms with Gasteiger partial charge in [0.05, 0.1) is 0 Å². The lowest BCUT2D eigenvalue weighted by Crippen LogP contribution is -2.37. The van der Waals surface area contributed by atoms with E-state index >= 15 is 0 Å². The molecule has 1 fully saturated rings. The first-order valence-electron chi connectivity index (χ1n) is 6.26. The molecule has 1 aliphatic heterocycles. The second-order valence-electron chi connectivity index (χ2n) is 5.25. The summed E-state index contributed by atoms with van der Waals surface area (Å²) in [6.07, 6.45) is 2.19. The fourth-order valence-electron chi connectivity index (χ4n) is 2.54. The lowest BCUT2D eigenvalue weighted by atomic mass is 9.81. The molecule has 0 spiro atoms. The molecule has 1 aromatic carbocycles. The van der Waals surface area contributed by atoms with Gasteiger partial charge in [-0.15, -0.1) is 0 Å². The zero-order chi connectivity index (χ0) is 11.9. The summed E-state index contributed by atoms with van der Waals surface area (Å²) in [6.45, 7) is 6.44. The molecule has 0 unspecified atom stereocenters. The molecule has 3 heteroatoms. The topological polar surface area (TPSA) is 38.1 Å². The molecule has 3 rings (SSSR count). The van der Waals surface area contributed by atoms with Gasteiger partial charge >= 0.3 is 0 Å². The molecular formula is C14H18N2O. The van der Waals surface area contributed by atoms with E-state index in [1.807, 2.05) is 12.1 Å². The first-order valence-corrected chi connectivity index (χ1v) is 6.26. The number of nitrogens with zero attached hydrogens (tertiary/aromatic N) is 1. The normalized spacial score (nSPS) is 19.6. The van der Waals surface area contributed by atoms with Gasteiger partial charge in [-0.3, -0.25) is 0 Å². The van der Waals surface area contributed by atoms with Gasteiger partial charge in [0.2, 0.25) is 5.89 Å². The highest BCUT2D eigenvalue weighted by molar-refractivity contribution is 5.76. The van der Waals surface area contributed by atoms with Gasteiger partial charge in [-0.05, 0) is 44.5 Å². The Labute approximate surface area is 101 Å². The maximum Gasteiger partial charge on any atom is 0.201 e. The smallest absolute Gasteiger partial charge is 0.201 e. The minimum atomic E-state index is 0.0940. The van der Waals surface area contributed by atoms with Crippen LogP contribution in [0.1, 0.15) is 31.2 Å². The van der Waals surface area contributed by atoms with Crippen molar-refractivity contribution in [2.45, 2.75) is 32.1 Å². The number of benzene rings is 1. The van der Waals surface area contributed by atoms with Crippen LogP contribution in [0.5, 0.6) is 0 Å². The summed E-state index contributed by atoms with van der Waals surface area (Å²) in [5.41, 5.74) is 3.22. The summed E-state index contributed by atoms with van der Waals surface area (Å²) < 4.78 is 5.95. The minimum Gasteiger partial charge on any atom is -0.440 e. The molecule has 2 aromatic rings. The Bertz CT molecular complexity index is 538. The molecule has 2 heterocycles. The van der Waals surface area contributed by atoms with Gasteiger partial charge in [0.1, 0.15) is 5.52 Å². The van der Waals surface area contributed by atoms with Gasteiger partial charge in [-0.25, -0.2) is 4.98 Å². The van der Waals surface area contributed by atoms with E-state index in [1.54, 1.807) is 0 Å². The maximum absolute atomic E-state index is 5.95.